The third kappa shape index (κ3) is 4.15. The van der Waals surface area contributed by atoms with E-state index in [4.69, 9.17) is 9.26 Å². The van der Waals surface area contributed by atoms with Crippen molar-refractivity contribution in [2.24, 2.45) is 0 Å². The number of methoxy groups -OCH3 is 1. The number of benzene rings is 2. The van der Waals surface area contributed by atoms with E-state index in [2.05, 4.69) is 14.9 Å². The van der Waals surface area contributed by atoms with Crippen LogP contribution < -0.4 is 9.46 Å². The topological polar surface area (TPSA) is 94.3 Å². The number of nitrogens with one attached hydrogen (secondary N) is 1. The first kappa shape index (κ1) is 19.2. The number of hydrogen-bond acceptors (Lipinski definition) is 7. The zero-order valence-electron chi connectivity index (χ0n) is 15.4. The largest absolute Gasteiger partial charge is 0.495 e. The van der Waals surface area contributed by atoms with E-state index in [1.54, 1.807) is 30.3 Å². The monoisotopic (exact) mass is 427 g/mol. The van der Waals surface area contributed by atoms with Crippen LogP contribution in [0.15, 0.2) is 75.5 Å². The lowest BCUT2D eigenvalue weighted by Gasteiger charge is -2.13. The highest BCUT2D eigenvalue weighted by molar-refractivity contribution is 7.92. The summed E-state index contributed by atoms with van der Waals surface area (Å²) >= 11 is 1.52. The van der Waals surface area contributed by atoms with Crippen molar-refractivity contribution in [1.82, 2.24) is 10.1 Å². The van der Waals surface area contributed by atoms with Gasteiger partial charge in [-0.3, -0.25) is 4.72 Å². The zero-order valence-corrected chi connectivity index (χ0v) is 17.0. The molecule has 0 amide bonds. The van der Waals surface area contributed by atoms with Crippen LogP contribution in [0.2, 0.25) is 0 Å². The number of nitrogens with zero attached hydrogens (tertiary/aromatic N) is 2. The first-order chi connectivity index (χ1) is 14.1. The van der Waals surface area contributed by atoms with Crippen LogP contribution >= 0.6 is 11.3 Å². The molecule has 0 unspecified atom stereocenters. The lowest BCUT2D eigenvalue weighted by molar-refractivity contribution is 0.386. The molecule has 0 aliphatic carbocycles. The molecule has 29 heavy (non-hydrogen) atoms. The number of anilines is 1. The van der Waals surface area contributed by atoms with Gasteiger partial charge in [-0.2, -0.15) is 4.98 Å². The summed E-state index contributed by atoms with van der Waals surface area (Å²) in [6, 6.07) is 17.4. The maximum Gasteiger partial charge on any atom is 0.265 e. The zero-order chi connectivity index (χ0) is 20.3. The lowest BCUT2D eigenvalue weighted by atomic mass is 10.1. The SMILES string of the molecule is COc1ccccc1S(=O)(=O)Nc1ccccc1Cc1nc(-c2cccs2)no1. The number of sulfonamides is 1. The molecule has 1 N–H and O–H groups in total. The molecule has 2 aromatic carbocycles. The first-order valence-electron chi connectivity index (χ1n) is 8.67. The van der Waals surface area contributed by atoms with Gasteiger partial charge in [-0.15, -0.1) is 11.3 Å². The van der Waals surface area contributed by atoms with Crippen molar-refractivity contribution in [2.75, 3.05) is 11.8 Å². The highest BCUT2D eigenvalue weighted by Crippen LogP contribution is 2.28. The minimum Gasteiger partial charge on any atom is -0.495 e. The Morgan fingerprint density at radius 2 is 1.86 bits per heavy atom. The average molecular weight is 428 g/mol. The Bertz CT molecular complexity index is 1220. The van der Waals surface area contributed by atoms with Crippen LogP contribution in [0.25, 0.3) is 10.7 Å². The molecule has 0 radical (unpaired) electrons. The number of aromatic nitrogens is 2. The van der Waals surface area contributed by atoms with Gasteiger partial charge in [0.05, 0.1) is 24.1 Å². The van der Waals surface area contributed by atoms with Crippen LogP contribution in [-0.2, 0) is 16.4 Å². The van der Waals surface area contributed by atoms with E-state index >= 15 is 0 Å². The van der Waals surface area contributed by atoms with E-state index in [-0.39, 0.29) is 10.6 Å². The molecule has 0 saturated carbocycles. The highest BCUT2D eigenvalue weighted by atomic mass is 32.2. The standard InChI is InChI=1S/C20H17N3O4S2/c1-26-16-9-4-5-11-18(16)29(24,25)23-15-8-3-2-7-14(15)13-19-21-20(22-27-19)17-10-6-12-28-17/h2-12,23H,13H2,1H3. The minimum atomic E-state index is -3.84. The Balaban J connectivity index is 1.60. The summed E-state index contributed by atoms with van der Waals surface area (Å²) in [6.07, 6.45) is 0.295. The van der Waals surface area contributed by atoms with Gasteiger partial charge in [0.15, 0.2) is 0 Å². The summed E-state index contributed by atoms with van der Waals surface area (Å²) in [5.74, 6) is 1.19. The Hall–Kier alpha value is -3.17. The second kappa shape index (κ2) is 8.06. The van der Waals surface area contributed by atoms with Crippen LogP contribution in [-0.4, -0.2) is 25.7 Å². The Morgan fingerprint density at radius 3 is 2.66 bits per heavy atom. The summed E-state index contributed by atoms with van der Waals surface area (Å²) in [4.78, 5) is 5.38. The molecular weight excluding hydrogens is 410 g/mol. The molecule has 4 rings (SSSR count). The molecule has 0 bridgehead atoms. The molecule has 0 fully saturated rings. The van der Waals surface area contributed by atoms with Crippen LogP contribution in [0.3, 0.4) is 0 Å². The van der Waals surface area contributed by atoms with E-state index in [0.29, 0.717) is 29.4 Å². The van der Waals surface area contributed by atoms with Crippen molar-refractivity contribution in [1.29, 1.82) is 0 Å². The molecule has 9 heteroatoms. The van der Waals surface area contributed by atoms with Gasteiger partial charge in [0.25, 0.3) is 10.0 Å². The quantitative estimate of drug-likeness (QED) is 0.475. The molecule has 0 atom stereocenters. The van der Waals surface area contributed by atoms with Crippen molar-refractivity contribution >= 4 is 27.0 Å². The number of para-hydroxylation sites is 2. The van der Waals surface area contributed by atoms with Gasteiger partial charge in [0.1, 0.15) is 10.6 Å². The fourth-order valence-corrected chi connectivity index (χ4v) is 4.73. The number of rotatable bonds is 7. The third-order valence-corrected chi connectivity index (χ3v) is 6.44. The van der Waals surface area contributed by atoms with Gasteiger partial charge in [-0.1, -0.05) is 41.6 Å². The van der Waals surface area contributed by atoms with E-state index in [9.17, 15) is 8.42 Å². The first-order valence-corrected chi connectivity index (χ1v) is 11.0. The van der Waals surface area contributed by atoms with Gasteiger partial charge in [-0.05, 0) is 35.2 Å². The summed E-state index contributed by atoms with van der Waals surface area (Å²) in [5, 5.41) is 5.94. The maximum absolute atomic E-state index is 12.9. The van der Waals surface area contributed by atoms with E-state index < -0.39 is 10.0 Å². The third-order valence-electron chi connectivity index (χ3n) is 4.17. The number of thiophene rings is 1. The van der Waals surface area contributed by atoms with Crippen molar-refractivity contribution in [3.63, 3.8) is 0 Å². The molecule has 4 aromatic rings. The van der Waals surface area contributed by atoms with Gasteiger partial charge < -0.3 is 9.26 Å². The molecule has 2 aromatic heterocycles. The molecule has 0 spiro atoms. The summed E-state index contributed by atoms with van der Waals surface area (Å²) in [5.41, 5.74) is 1.15. The van der Waals surface area contributed by atoms with E-state index in [1.807, 2.05) is 29.6 Å². The fourth-order valence-electron chi connectivity index (χ4n) is 2.81. The molecule has 148 valence electrons. The van der Waals surface area contributed by atoms with Crippen molar-refractivity contribution in [2.45, 2.75) is 11.3 Å². The predicted octanol–water partition coefficient (Wildman–Crippen LogP) is 4.20. The van der Waals surface area contributed by atoms with Crippen LogP contribution in [0.5, 0.6) is 5.75 Å². The van der Waals surface area contributed by atoms with Crippen LogP contribution in [0.4, 0.5) is 5.69 Å². The highest BCUT2D eigenvalue weighted by Gasteiger charge is 2.21. The molecule has 7 nitrogen and oxygen atoms in total. The van der Waals surface area contributed by atoms with Crippen molar-refractivity contribution in [3.8, 4) is 16.5 Å². The van der Waals surface area contributed by atoms with Crippen LogP contribution in [0, 0.1) is 0 Å². The van der Waals surface area contributed by atoms with Gasteiger partial charge in [-0.25, -0.2) is 8.42 Å². The second-order valence-electron chi connectivity index (χ2n) is 6.08. The second-order valence-corrected chi connectivity index (χ2v) is 8.68. The predicted molar refractivity (Wildman–Crippen MR) is 111 cm³/mol. The Kier molecular flexibility index (Phi) is 5.32. The van der Waals surface area contributed by atoms with Crippen LogP contribution in [0.1, 0.15) is 11.5 Å². The molecule has 2 heterocycles. The maximum atomic E-state index is 12.9. The van der Waals surface area contributed by atoms with Gasteiger partial charge in [0.2, 0.25) is 11.7 Å². The Labute approximate surface area is 172 Å². The van der Waals surface area contributed by atoms with Gasteiger partial charge >= 0.3 is 0 Å². The fraction of sp³-hybridized carbons (Fsp3) is 0.100. The molecule has 0 aliphatic heterocycles. The van der Waals surface area contributed by atoms with E-state index in [1.165, 1.54) is 24.5 Å². The van der Waals surface area contributed by atoms with Crippen molar-refractivity contribution < 1.29 is 17.7 Å². The summed E-state index contributed by atoms with van der Waals surface area (Å²) in [7, 11) is -2.41. The van der Waals surface area contributed by atoms with Crippen molar-refractivity contribution in [3.05, 3.63) is 77.5 Å². The number of ether oxygens (including phenoxy) is 1. The average Bonchev–Trinajstić information content (AvgIpc) is 3.41. The Morgan fingerprint density at radius 1 is 1.07 bits per heavy atom. The normalized spacial score (nSPS) is 11.3. The lowest BCUT2D eigenvalue weighted by Crippen LogP contribution is -2.15. The smallest absolute Gasteiger partial charge is 0.265 e. The van der Waals surface area contributed by atoms with E-state index in [0.717, 1.165) is 4.88 Å². The summed E-state index contributed by atoms with van der Waals surface area (Å²) < 4.78 is 39.0. The molecule has 0 aliphatic rings. The van der Waals surface area contributed by atoms with Gasteiger partial charge in [0, 0.05) is 0 Å². The number of hydrogen-bond donors (Lipinski definition) is 1. The minimum absolute atomic E-state index is 0.0649. The molecular formula is C20H17N3O4S2. The molecule has 0 saturated heterocycles. The summed E-state index contributed by atoms with van der Waals surface area (Å²) in [6.45, 7) is 0.